The van der Waals surface area contributed by atoms with Crippen LogP contribution >= 0.6 is 23.2 Å². The average molecular weight is 368 g/mol. The molecule has 0 amide bonds. The van der Waals surface area contributed by atoms with Gasteiger partial charge in [-0.05, 0) is 37.1 Å². The van der Waals surface area contributed by atoms with Crippen LogP contribution in [-0.2, 0) is 9.53 Å². The van der Waals surface area contributed by atoms with E-state index < -0.39 is 6.04 Å². The topological polar surface area (TPSA) is 38.3 Å². The highest BCUT2D eigenvalue weighted by Gasteiger charge is 2.35. The summed E-state index contributed by atoms with van der Waals surface area (Å²) in [5, 5.41) is 4.01. The average Bonchev–Trinajstić information content (AvgIpc) is 2.54. The fourth-order valence-electron chi connectivity index (χ4n) is 3.10. The lowest BCUT2D eigenvalue weighted by Crippen LogP contribution is -2.37. The van der Waals surface area contributed by atoms with Crippen molar-refractivity contribution in [2.45, 2.75) is 25.3 Å². The molecule has 2 unspecified atom stereocenters. The molecule has 0 aliphatic carbocycles. The predicted octanol–water partition coefficient (Wildman–Crippen LogP) is 5.01. The third-order valence-corrected chi connectivity index (χ3v) is 4.63. The predicted molar refractivity (Wildman–Crippen MR) is 93.4 cm³/mol. The molecular formula is C18H16Cl2FNO2. The second-order valence-corrected chi connectivity index (χ2v) is 6.45. The first kappa shape index (κ1) is 17.1. The Morgan fingerprint density at radius 3 is 2.79 bits per heavy atom. The number of nitrogens with one attached hydrogen (secondary N) is 1. The smallest absolute Gasteiger partial charge is 0.328 e. The van der Waals surface area contributed by atoms with E-state index in [0.717, 1.165) is 5.56 Å². The Morgan fingerprint density at radius 2 is 2.08 bits per heavy atom. The fourth-order valence-corrected chi connectivity index (χ4v) is 3.72. The van der Waals surface area contributed by atoms with Gasteiger partial charge in [-0.15, -0.1) is 0 Å². The van der Waals surface area contributed by atoms with E-state index in [9.17, 15) is 9.18 Å². The molecule has 0 fully saturated rings. The van der Waals surface area contributed by atoms with Crippen LogP contribution in [0, 0.1) is 5.82 Å². The first-order valence-corrected chi connectivity index (χ1v) is 8.43. The first-order valence-electron chi connectivity index (χ1n) is 7.67. The molecule has 0 aromatic heterocycles. The number of esters is 1. The monoisotopic (exact) mass is 367 g/mol. The van der Waals surface area contributed by atoms with Gasteiger partial charge in [0, 0.05) is 27.2 Å². The zero-order valence-electron chi connectivity index (χ0n) is 13.0. The van der Waals surface area contributed by atoms with Crippen LogP contribution in [0.3, 0.4) is 0 Å². The summed E-state index contributed by atoms with van der Waals surface area (Å²) < 4.78 is 19.5. The number of carbonyl (C=O) groups excluding carboxylic acids is 1. The van der Waals surface area contributed by atoms with E-state index in [1.165, 1.54) is 6.07 Å². The minimum Gasteiger partial charge on any atom is -0.464 e. The summed E-state index contributed by atoms with van der Waals surface area (Å²) >= 11 is 12.5. The van der Waals surface area contributed by atoms with Crippen molar-refractivity contribution in [2.24, 2.45) is 0 Å². The lowest BCUT2D eigenvalue weighted by atomic mass is 9.81. The Labute approximate surface area is 149 Å². The van der Waals surface area contributed by atoms with Gasteiger partial charge in [0.15, 0.2) is 0 Å². The quantitative estimate of drug-likeness (QED) is 0.774. The van der Waals surface area contributed by atoms with Crippen LogP contribution in [-0.4, -0.2) is 18.6 Å². The molecular weight excluding hydrogens is 352 g/mol. The molecule has 6 heteroatoms. The minimum absolute atomic E-state index is 0.282. The maximum Gasteiger partial charge on any atom is 0.328 e. The van der Waals surface area contributed by atoms with Gasteiger partial charge < -0.3 is 10.1 Å². The van der Waals surface area contributed by atoms with E-state index >= 15 is 0 Å². The largest absolute Gasteiger partial charge is 0.464 e. The molecule has 3 nitrogen and oxygen atoms in total. The minimum atomic E-state index is -0.586. The standard InChI is InChI=1S/C18H16Cl2FNO2/c1-2-24-18(23)16-9-12(11-5-3-4-6-14(11)21)17-13(20)7-10(19)8-15(17)22-16/h3-8,12,16,22H,2,9H2,1H3. The Bertz CT molecular complexity index is 782. The summed E-state index contributed by atoms with van der Waals surface area (Å²) in [5.41, 5.74) is 1.87. The van der Waals surface area contributed by atoms with Crippen molar-refractivity contribution in [3.63, 3.8) is 0 Å². The van der Waals surface area contributed by atoms with Crippen LogP contribution in [0.15, 0.2) is 36.4 Å². The number of halogens is 3. The number of benzene rings is 2. The molecule has 0 saturated carbocycles. The summed E-state index contributed by atoms with van der Waals surface area (Å²) in [4.78, 5) is 12.2. The molecule has 2 atom stereocenters. The maximum atomic E-state index is 14.3. The number of fused-ring (bicyclic) bond motifs is 1. The second-order valence-electron chi connectivity index (χ2n) is 5.61. The Kier molecular flexibility index (Phi) is 4.97. The van der Waals surface area contributed by atoms with Crippen LogP contribution < -0.4 is 5.32 Å². The summed E-state index contributed by atoms with van der Waals surface area (Å²) in [5.74, 6) is -1.06. The Balaban J connectivity index is 2.10. The highest BCUT2D eigenvalue weighted by atomic mass is 35.5. The third-order valence-electron chi connectivity index (χ3n) is 4.10. The van der Waals surface area contributed by atoms with Crippen LogP contribution in [0.4, 0.5) is 10.1 Å². The number of rotatable bonds is 3. The van der Waals surface area contributed by atoms with Gasteiger partial charge in [-0.3, -0.25) is 0 Å². The molecule has 2 aromatic carbocycles. The van der Waals surface area contributed by atoms with E-state index in [1.54, 1.807) is 37.3 Å². The normalized spacial score (nSPS) is 19.3. The van der Waals surface area contributed by atoms with Crippen molar-refractivity contribution in [3.8, 4) is 0 Å². The van der Waals surface area contributed by atoms with Gasteiger partial charge in [0.05, 0.1) is 6.61 Å². The molecule has 1 aliphatic heterocycles. The van der Waals surface area contributed by atoms with Crippen molar-refractivity contribution in [1.29, 1.82) is 0 Å². The van der Waals surface area contributed by atoms with Crippen molar-refractivity contribution in [1.82, 2.24) is 0 Å². The summed E-state index contributed by atoms with van der Waals surface area (Å²) in [6, 6.07) is 9.25. The third kappa shape index (κ3) is 3.21. The SMILES string of the molecule is CCOC(=O)C1CC(c2ccccc2F)c2c(Cl)cc(Cl)cc2N1. The number of anilines is 1. The highest BCUT2D eigenvalue weighted by molar-refractivity contribution is 6.35. The van der Waals surface area contributed by atoms with Gasteiger partial charge in [-0.2, -0.15) is 0 Å². The van der Waals surface area contributed by atoms with E-state index in [0.29, 0.717) is 27.7 Å². The number of hydrogen-bond acceptors (Lipinski definition) is 3. The number of hydrogen-bond donors (Lipinski definition) is 1. The maximum absolute atomic E-state index is 14.3. The molecule has 0 bridgehead atoms. The lowest BCUT2D eigenvalue weighted by Gasteiger charge is -2.33. The van der Waals surface area contributed by atoms with E-state index in [1.807, 2.05) is 0 Å². The zero-order chi connectivity index (χ0) is 17.3. The van der Waals surface area contributed by atoms with Crippen LogP contribution in [0.2, 0.25) is 10.0 Å². The van der Waals surface area contributed by atoms with Gasteiger partial charge in [-0.25, -0.2) is 9.18 Å². The van der Waals surface area contributed by atoms with Crippen LogP contribution in [0.25, 0.3) is 0 Å². The zero-order valence-corrected chi connectivity index (χ0v) is 14.5. The Hall–Kier alpha value is -1.78. The summed E-state index contributed by atoms with van der Waals surface area (Å²) in [7, 11) is 0. The second kappa shape index (κ2) is 6.99. The molecule has 2 aromatic rings. The number of carbonyl (C=O) groups is 1. The number of ether oxygens (including phenoxy) is 1. The van der Waals surface area contributed by atoms with Gasteiger partial charge in [-0.1, -0.05) is 41.4 Å². The van der Waals surface area contributed by atoms with Crippen molar-refractivity contribution in [2.75, 3.05) is 11.9 Å². The molecule has 1 aliphatic rings. The van der Waals surface area contributed by atoms with Gasteiger partial charge in [0.25, 0.3) is 0 Å². The molecule has 126 valence electrons. The van der Waals surface area contributed by atoms with Crippen LogP contribution in [0.5, 0.6) is 0 Å². The lowest BCUT2D eigenvalue weighted by molar-refractivity contribution is -0.144. The van der Waals surface area contributed by atoms with Gasteiger partial charge in [0.1, 0.15) is 11.9 Å². The summed E-state index contributed by atoms with van der Waals surface area (Å²) in [6.45, 7) is 2.03. The van der Waals surface area contributed by atoms with Crippen molar-refractivity contribution >= 4 is 34.9 Å². The first-order chi connectivity index (χ1) is 11.5. The molecule has 1 N–H and O–H groups in total. The molecule has 0 radical (unpaired) electrons. The van der Waals surface area contributed by atoms with E-state index in [4.69, 9.17) is 27.9 Å². The van der Waals surface area contributed by atoms with E-state index in [2.05, 4.69) is 5.32 Å². The van der Waals surface area contributed by atoms with Crippen LogP contribution in [0.1, 0.15) is 30.4 Å². The summed E-state index contributed by atoms with van der Waals surface area (Å²) in [6.07, 6.45) is 0.355. The molecule has 24 heavy (non-hydrogen) atoms. The fraction of sp³-hybridized carbons (Fsp3) is 0.278. The van der Waals surface area contributed by atoms with Gasteiger partial charge in [0.2, 0.25) is 0 Å². The van der Waals surface area contributed by atoms with E-state index in [-0.39, 0.29) is 24.3 Å². The molecule has 0 saturated heterocycles. The van der Waals surface area contributed by atoms with Crippen molar-refractivity contribution < 1.29 is 13.9 Å². The molecule has 1 heterocycles. The van der Waals surface area contributed by atoms with Gasteiger partial charge >= 0.3 is 5.97 Å². The molecule has 0 spiro atoms. The van der Waals surface area contributed by atoms with Crippen molar-refractivity contribution in [3.05, 3.63) is 63.4 Å². The molecule has 3 rings (SSSR count). The Morgan fingerprint density at radius 1 is 1.33 bits per heavy atom. The highest BCUT2D eigenvalue weighted by Crippen LogP contribution is 2.44.